The first-order chi connectivity index (χ1) is 10.3. The molecule has 0 atom stereocenters. The van der Waals surface area contributed by atoms with Crippen molar-refractivity contribution in [3.05, 3.63) is 54.2 Å². The Labute approximate surface area is 123 Å². The molecule has 0 saturated carbocycles. The molecule has 0 radical (unpaired) electrons. The molecule has 0 aliphatic rings. The fourth-order valence-corrected chi connectivity index (χ4v) is 2.11. The number of hydrogen-bond donors (Lipinski definition) is 0. The van der Waals surface area contributed by atoms with Crippen LogP contribution in [0.3, 0.4) is 0 Å². The Morgan fingerprint density at radius 3 is 2.67 bits per heavy atom. The molecule has 108 valence electrons. The first-order valence-electron chi connectivity index (χ1n) is 6.88. The van der Waals surface area contributed by atoms with Gasteiger partial charge in [0.05, 0.1) is 18.2 Å². The first-order valence-corrected chi connectivity index (χ1v) is 6.88. The summed E-state index contributed by atoms with van der Waals surface area (Å²) in [6.45, 7) is 5.64. The van der Waals surface area contributed by atoms with Crippen molar-refractivity contribution in [3.63, 3.8) is 0 Å². The fraction of sp³-hybridized carbons (Fsp3) is 0.267. The molecule has 0 aliphatic carbocycles. The van der Waals surface area contributed by atoms with Crippen LogP contribution in [0.1, 0.15) is 18.2 Å². The molecule has 21 heavy (non-hydrogen) atoms. The zero-order valence-electron chi connectivity index (χ0n) is 12.1. The molecule has 6 nitrogen and oxygen atoms in total. The predicted molar refractivity (Wildman–Crippen MR) is 79.3 cm³/mol. The second-order valence-electron chi connectivity index (χ2n) is 4.80. The maximum atomic E-state index is 5.10. The molecule has 6 heteroatoms. The quantitative estimate of drug-likeness (QED) is 0.720. The van der Waals surface area contributed by atoms with E-state index in [0.717, 1.165) is 30.2 Å². The van der Waals surface area contributed by atoms with Crippen molar-refractivity contribution in [1.29, 1.82) is 0 Å². The van der Waals surface area contributed by atoms with Gasteiger partial charge in [0.1, 0.15) is 0 Å². The third-order valence-corrected chi connectivity index (χ3v) is 3.25. The van der Waals surface area contributed by atoms with Gasteiger partial charge in [-0.3, -0.25) is 0 Å². The van der Waals surface area contributed by atoms with E-state index >= 15 is 0 Å². The lowest BCUT2D eigenvalue weighted by Gasteiger charge is -2.20. The van der Waals surface area contributed by atoms with Crippen molar-refractivity contribution in [1.82, 2.24) is 20.0 Å². The van der Waals surface area contributed by atoms with Gasteiger partial charge in [-0.1, -0.05) is 0 Å². The molecule has 0 unspecified atom stereocenters. The van der Waals surface area contributed by atoms with Crippen molar-refractivity contribution in [2.45, 2.75) is 20.4 Å². The first kappa shape index (κ1) is 13.4. The second-order valence-corrected chi connectivity index (χ2v) is 4.80. The van der Waals surface area contributed by atoms with Crippen LogP contribution in [0.4, 0.5) is 5.82 Å². The van der Waals surface area contributed by atoms with Gasteiger partial charge in [-0.05, 0) is 38.1 Å². The van der Waals surface area contributed by atoms with Gasteiger partial charge in [0, 0.05) is 24.8 Å². The summed E-state index contributed by atoms with van der Waals surface area (Å²) in [6, 6.07) is 7.78. The van der Waals surface area contributed by atoms with Gasteiger partial charge in [-0.25, -0.2) is 4.68 Å². The lowest BCUT2D eigenvalue weighted by Crippen LogP contribution is -2.23. The van der Waals surface area contributed by atoms with E-state index in [1.807, 2.05) is 37.4 Å². The Morgan fingerprint density at radius 2 is 2.10 bits per heavy atom. The molecule has 0 aliphatic heterocycles. The third-order valence-electron chi connectivity index (χ3n) is 3.25. The lowest BCUT2D eigenvalue weighted by molar-refractivity contribution is 0.563. The molecular weight excluding hydrogens is 266 g/mol. The Morgan fingerprint density at radius 1 is 1.19 bits per heavy atom. The molecule has 0 fully saturated rings. The van der Waals surface area contributed by atoms with E-state index in [2.05, 4.69) is 27.1 Å². The van der Waals surface area contributed by atoms with E-state index in [1.54, 1.807) is 17.2 Å². The van der Waals surface area contributed by atoms with Crippen molar-refractivity contribution in [2.24, 2.45) is 0 Å². The van der Waals surface area contributed by atoms with E-state index in [-0.39, 0.29) is 0 Å². The Kier molecular flexibility index (Phi) is 3.68. The topological polar surface area (TPSA) is 60.0 Å². The SMILES string of the molecule is CCN(Cc1ccoc1)c1ccc(-n2ccc(C)n2)nn1. The highest BCUT2D eigenvalue weighted by Gasteiger charge is 2.09. The van der Waals surface area contributed by atoms with Crippen molar-refractivity contribution in [2.75, 3.05) is 11.4 Å². The maximum absolute atomic E-state index is 5.10. The van der Waals surface area contributed by atoms with Crippen LogP contribution in [0, 0.1) is 6.92 Å². The molecule has 0 N–H and O–H groups in total. The minimum Gasteiger partial charge on any atom is -0.472 e. The second kappa shape index (κ2) is 5.78. The fourth-order valence-electron chi connectivity index (χ4n) is 2.11. The third kappa shape index (κ3) is 2.94. The number of anilines is 1. The highest BCUT2D eigenvalue weighted by atomic mass is 16.3. The van der Waals surface area contributed by atoms with Gasteiger partial charge in [0.15, 0.2) is 11.6 Å². The minimum absolute atomic E-state index is 0.714. The number of rotatable bonds is 5. The number of nitrogens with zero attached hydrogens (tertiary/aromatic N) is 5. The zero-order chi connectivity index (χ0) is 14.7. The molecule has 3 aromatic rings. The Balaban J connectivity index is 1.79. The van der Waals surface area contributed by atoms with Gasteiger partial charge < -0.3 is 9.32 Å². The van der Waals surface area contributed by atoms with Gasteiger partial charge in [-0.15, -0.1) is 10.2 Å². The van der Waals surface area contributed by atoms with Crippen molar-refractivity contribution < 1.29 is 4.42 Å². The summed E-state index contributed by atoms with van der Waals surface area (Å²) in [6.07, 6.45) is 5.30. The molecule has 3 rings (SSSR count). The van der Waals surface area contributed by atoms with Crippen molar-refractivity contribution in [3.8, 4) is 5.82 Å². The number of furan rings is 1. The van der Waals surface area contributed by atoms with Gasteiger partial charge in [-0.2, -0.15) is 5.10 Å². The zero-order valence-corrected chi connectivity index (χ0v) is 12.1. The molecule has 3 heterocycles. The lowest BCUT2D eigenvalue weighted by atomic mass is 10.3. The molecule has 3 aromatic heterocycles. The highest BCUT2D eigenvalue weighted by Crippen LogP contribution is 2.15. The number of hydrogen-bond acceptors (Lipinski definition) is 5. The Bertz CT molecular complexity index is 687. The molecule has 0 bridgehead atoms. The van der Waals surface area contributed by atoms with Crippen LogP contribution >= 0.6 is 0 Å². The summed E-state index contributed by atoms with van der Waals surface area (Å²) in [5.41, 5.74) is 2.07. The van der Waals surface area contributed by atoms with Crippen molar-refractivity contribution >= 4 is 5.82 Å². The average Bonchev–Trinajstić information content (AvgIpc) is 3.16. The van der Waals surface area contributed by atoms with Gasteiger partial charge in [0.2, 0.25) is 0 Å². The van der Waals surface area contributed by atoms with Crippen LogP contribution in [-0.2, 0) is 6.54 Å². The van der Waals surface area contributed by atoms with E-state index in [9.17, 15) is 0 Å². The summed E-state index contributed by atoms with van der Waals surface area (Å²) < 4.78 is 6.82. The van der Waals surface area contributed by atoms with Crippen LogP contribution in [0.25, 0.3) is 5.82 Å². The molecule has 0 saturated heterocycles. The van der Waals surface area contributed by atoms with Gasteiger partial charge >= 0.3 is 0 Å². The van der Waals surface area contributed by atoms with Crippen LogP contribution in [0.15, 0.2) is 47.4 Å². The number of aryl methyl sites for hydroxylation is 1. The largest absolute Gasteiger partial charge is 0.472 e. The monoisotopic (exact) mass is 283 g/mol. The van der Waals surface area contributed by atoms with Crippen LogP contribution in [0.2, 0.25) is 0 Å². The highest BCUT2D eigenvalue weighted by molar-refractivity contribution is 5.40. The summed E-state index contributed by atoms with van der Waals surface area (Å²) in [5.74, 6) is 1.55. The molecule has 0 amide bonds. The van der Waals surface area contributed by atoms with E-state index < -0.39 is 0 Å². The smallest absolute Gasteiger partial charge is 0.175 e. The van der Waals surface area contributed by atoms with Crippen LogP contribution in [0.5, 0.6) is 0 Å². The Hall–Kier alpha value is -2.63. The van der Waals surface area contributed by atoms with E-state index in [1.165, 1.54) is 0 Å². The molecule has 0 spiro atoms. The summed E-state index contributed by atoms with van der Waals surface area (Å²) in [7, 11) is 0. The van der Waals surface area contributed by atoms with Crippen LogP contribution in [-0.4, -0.2) is 26.5 Å². The van der Waals surface area contributed by atoms with E-state index in [4.69, 9.17) is 4.42 Å². The van der Waals surface area contributed by atoms with Gasteiger partial charge in [0.25, 0.3) is 0 Å². The normalized spacial score (nSPS) is 10.8. The standard InChI is InChI=1S/C15H17N5O/c1-3-19(10-13-7-9-21-11-13)14-4-5-15(17-16-14)20-8-6-12(2)18-20/h4-9,11H,3,10H2,1-2H3. The predicted octanol–water partition coefficient (Wildman–Crippen LogP) is 2.59. The van der Waals surface area contributed by atoms with E-state index in [0.29, 0.717) is 5.82 Å². The minimum atomic E-state index is 0.714. The summed E-state index contributed by atoms with van der Waals surface area (Å²) in [5, 5.41) is 12.9. The molecule has 0 aromatic carbocycles. The molecular formula is C15H17N5O. The number of aromatic nitrogens is 4. The van der Waals surface area contributed by atoms with Crippen LogP contribution < -0.4 is 4.90 Å². The summed E-state index contributed by atoms with van der Waals surface area (Å²) >= 11 is 0. The summed E-state index contributed by atoms with van der Waals surface area (Å²) in [4.78, 5) is 2.13. The average molecular weight is 283 g/mol. The maximum Gasteiger partial charge on any atom is 0.175 e.